The maximum Gasteiger partial charge on any atom is 0.340 e. The molecule has 0 aliphatic rings. The number of rotatable bonds is 4. The molecule has 1 atom stereocenters. The third kappa shape index (κ3) is 6.73. The van der Waals surface area contributed by atoms with Crippen molar-refractivity contribution in [1.82, 2.24) is 10.6 Å². The molecule has 1 unspecified atom stereocenters. The Morgan fingerprint density at radius 2 is 1.81 bits per heavy atom. The van der Waals surface area contributed by atoms with Crippen LogP contribution in [0, 0.1) is 0 Å². The molecule has 26 heavy (non-hydrogen) atoms. The van der Waals surface area contributed by atoms with Gasteiger partial charge < -0.3 is 10.1 Å². The van der Waals surface area contributed by atoms with Gasteiger partial charge >= 0.3 is 12.0 Å². The van der Waals surface area contributed by atoms with E-state index in [-0.39, 0.29) is 14.9 Å². The molecule has 0 aliphatic carbocycles. The van der Waals surface area contributed by atoms with Gasteiger partial charge in [0.1, 0.15) is 0 Å². The van der Waals surface area contributed by atoms with E-state index in [4.69, 9.17) is 9.88 Å². The lowest BCUT2D eigenvalue weighted by Gasteiger charge is -2.21. The zero-order valence-corrected chi connectivity index (χ0v) is 17.0. The predicted octanol–water partition coefficient (Wildman–Crippen LogP) is 1.27. The van der Waals surface area contributed by atoms with Gasteiger partial charge in [0.2, 0.25) is 10.0 Å². The molecule has 1 aromatic carbocycles. The number of halogens is 1. The van der Waals surface area contributed by atoms with Crippen molar-refractivity contribution in [2.24, 2.45) is 5.14 Å². The Hall–Kier alpha value is -1.98. The number of hydrogen-bond donors (Lipinski definition) is 3. The van der Waals surface area contributed by atoms with Gasteiger partial charge in [-0.3, -0.25) is 10.1 Å². The first-order chi connectivity index (χ1) is 11.7. The van der Waals surface area contributed by atoms with Crippen LogP contribution in [-0.2, 0) is 19.6 Å². The lowest BCUT2D eigenvalue weighted by atomic mass is 10.1. The molecule has 3 amide bonds. The lowest BCUT2D eigenvalue weighted by molar-refractivity contribution is -0.127. The molecule has 0 aromatic heterocycles. The van der Waals surface area contributed by atoms with Crippen molar-refractivity contribution < 1.29 is 27.5 Å². The Bertz CT molecular complexity index is 832. The molecule has 1 rings (SSSR count). The summed E-state index contributed by atoms with van der Waals surface area (Å²) >= 11 is 3.10. The molecule has 0 saturated heterocycles. The maximum atomic E-state index is 12.2. The van der Waals surface area contributed by atoms with E-state index in [1.165, 1.54) is 19.1 Å². The van der Waals surface area contributed by atoms with Crippen LogP contribution in [-0.4, -0.2) is 38.0 Å². The Morgan fingerprint density at radius 1 is 1.23 bits per heavy atom. The molecule has 0 bridgehead atoms. The number of primary sulfonamides is 1. The zero-order chi connectivity index (χ0) is 20.3. The van der Waals surface area contributed by atoms with Crippen LogP contribution in [0.4, 0.5) is 4.79 Å². The molecule has 0 aliphatic heterocycles. The highest BCUT2D eigenvalue weighted by molar-refractivity contribution is 9.10. The van der Waals surface area contributed by atoms with Crippen LogP contribution in [0.25, 0.3) is 0 Å². The summed E-state index contributed by atoms with van der Waals surface area (Å²) in [7, 11) is -4.01. The molecule has 9 nitrogen and oxygen atoms in total. The Kier molecular flexibility index (Phi) is 6.91. The molecule has 0 spiro atoms. The van der Waals surface area contributed by atoms with Crippen molar-refractivity contribution in [2.45, 2.75) is 44.2 Å². The van der Waals surface area contributed by atoms with E-state index in [9.17, 15) is 22.8 Å². The summed E-state index contributed by atoms with van der Waals surface area (Å²) in [6.45, 7) is 6.47. The van der Waals surface area contributed by atoms with Gasteiger partial charge in [0, 0.05) is 10.0 Å². The monoisotopic (exact) mass is 449 g/mol. The molecule has 0 fully saturated rings. The fraction of sp³-hybridized carbons (Fsp3) is 0.400. The van der Waals surface area contributed by atoms with Gasteiger partial charge in [-0.1, -0.05) is 0 Å². The largest absolute Gasteiger partial charge is 0.449 e. The van der Waals surface area contributed by atoms with E-state index in [0.717, 1.165) is 6.07 Å². The first-order valence-corrected chi connectivity index (χ1v) is 9.71. The van der Waals surface area contributed by atoms with Gasteiger partial charge in [0.05, 0.1) is 10.5 Å². The van der Waals surface area contributed by atoms with E-state index in [2.05, 4.69) is 21.2 Å². The minimum atomic E-state index is -4.01. The number of carbonyl (C=O) groups excluding carboxylic acids is 3. The number of ether oxygens (including phenoxy) is 1. The number of hydrogen-bond acceptors (Lipinski definition) is 6. The van der Waals surface area contributed by atoms with Crippen molar-refractivity contribution in [3.05, 3.63) is 28.2 Å². The molecule has 144 valence electrons. The second-order valence-corrected chi connectivity index (χ2v) is 8.84. The van der Waals surface area contributed by atoms with Gasteiger partial charge in [-0.15, -0.1) is 0 Å². The summed E-state index contributed by atoms with van der Waals surface area (Å²) < 4.78 is 28.0. The Balaban J connectivity index is 2.84. The number of imide groups is 1. The van der Waals surface area contributed by atoms with Gasteiger partial charge in [-0.25, -0.2) is 23.1 Å². The average Bonchev–Trinajstić information content (AvgIpc) is 2.43. The average molecular weight is 450 g/mol. The van der Waals surface area contributed by atoms with E-state index in [0.29, 0.717) is 0 Å². The van der Waals surface area contributed by atoms with Gasteiger partial charge in [0.15, 0.2) is 6.10 Å². The summed E-state index contributed by atoms with van der Waals surface area (Å²) in [4.78, 5) is 35.5. The Labute approximate surface area is 159 Å². The number of nitrogens with two attached hydrogens (primary N) is 1. The topological polar surface area (TPSA) is 145 Å². The lowest BCUT2D eigenvalue weighted by Crippen LogP contribution is -2.50. The van der Waals surface area contributed by atoms with Crippen LogP contribution in [0.3, 0.4) is 0 Å². The first-order valence-electron chi connectivity index (χ1n) is 7.37. The summed E-state index contributed by atoms with van der Waals surface area (Å²) in [6, 6.07) is 2.82. The summed E-state index contributed by atoms with van der Waals surface area (Å²) in [5, 5.41) is 9.60. The van der Waals surface area contributed by atoms with Crippen LogP contribution in [0.15, 0.2) is 27.6 Å². The fourth-order valence-corrected chi connectivity index (χ4v) is 2.65. The van der Waals surface area contributed by atoms with Crippen LogP contribution < -0.4 is 15.8 Å². The SMILES string of the molecule is CC(OC(=O)c1cc(S(N)(=O)=O)ccc1Br)C(=O)NC(=O)NC(C)(C)C. The summed E-state index contributed by atoms with van der Waals surface area (Å²) in [5.41, 5.74) is -0.682. The first kappa shape index (κ1) is 22.1. The van der Waals surface area contributed by atoms with E-state index in [1.54, 1.807) is 20.8 Å². The number of urea groups is 1. The van der Waals surface area contributed by atoms with Crippen molar-refractivity contribution in [3.8, 4) is 0 Å². The van der Waals surface area contributed by atoms with Crippen molar-refractivity contribution in [1.29, 1.82) is 0 Å². The van der Waals surface area contributed by atoms with Crippen molar-refractivity contribution in [2.75, 3.05) is 0 Å². The van der Waals surface area contributed by atoms with Gasteiger partial charge in [-0.2, -0.15) is 0 Å². The van der Waals surface area contributed by atoms with Crippen LogP contribution >= 0.6 is 15.9 Å². The molecule has 0 heterocycles. The van der Waals surface area contributed by atoms with Crippen molar-refractivity contribution in [3.63, 3.8) is 0 Å². The van der Waals surface area contributed by atoms with Gasteiger partial charge in [0.25, 0.3) is 5.91 Å². The highest BCUT2D eigenvalue weighted by Crippen LogP contribution is 2.21. The summed E-state index contributed by atoms with van der Waals surface area (Å²) in [6.07, 6.45) is -1.29. The third-order valence-corrected chi connectivity index (χ3v) is 4.47. The smallest absolute Gasteiger partial charge is 0.340 e. The molecule has 0 saturated carbocycles. The molecular weight excluding hydrogens is 430 g/mol. The number of sulfonamides is 1. The minimum absolute atomic E-state index is 0.129. The highest BCUT2D eigenvalue weighted by Gasteiger charge is 2.24. The third-order valence-electron chi connectivity index (χ3n) is 2.86. The maximum absolute atomic E-state index is 12.2. The van der Waals surface area contributed by atoms with Crippen molar-refractivity contribution >= 4 is 43.9 Å². The number of carbonyl (C=O) groups is 3. The zero-order valence-electron chi connectivity index (χ0n) is 14.6. The number of benzene rings is 1. The van der Waals surface area contributed by atoms with Gasteiger partial charge in [-0.05, 0) is 61.8 Å². The molecule has 4 N–H and O–H groups in total. The molecule has 1 aromatic rings. The summed E-state index contributed by atoms with van der Waals surface area (Å²) in [5.74, 6) is -1.79. The normalized spacial score (nSPS) is 12.8. The Morgan fingerprint density at radius 3 is 2.31 bits per heavy atom. The number of amides is 3. The standard InChI is InChI=1S/C15H20BrN3O6S/c1-8(12(20)18-14(22)19-15(2,3)4)25-13(21)10-7-9(26(17,23)24)5-6-11(10)16/h5-8H,1-4H3,(H2,17,23,24)(H2,18,19,20,22). The molecule has 11 heteroatoms. The van der Waals surface area contributed by atoms with E-state index < -0.39 is 39.6 Å². The second-order valence-electron chi connectivity index (χ2n) is 6.43. The number of nitrogens with one attached hydrogen (secondary N) is 2. The minimum Gasteiger partial charge on any atom is -0.449 e. The van der Waals surface area contributed by atoms with Crippen LogP contribution in [0.5, 0.6) is 0 Å². The van der Waals surface area contributed by atoms with Crippen LogP contribution in [0.1, 0.15) is 38.1 Å². The quantitative estimate of drug-likeness (QED) is 0.589. The predicted molar refractivity (Wildman–Crippen MR) is 96.8 cm³/mol. The second kappa shape index (κ2) is 8.14. The highest BCUT2D eigenvalue weighted by atomic mass is 79.9. The molecular formula is C15H20BrN3O6S. The van der Waals surface area contributed by atoms with Crippen LogP contribution in [0.2, 0.25) is 0 Å². The fourth-order valence-electron chi connectivity index (χ4n) is 1.70. The van der Waals surface area contributed by atoms with E-state index in [1.807, 2.05) is 5.32 Å². The van der Waals surface area contributed by atoms with E-state index >= 15 is 0 Å². The molecule has 0 radical (unpaired) electrons. The number of esters is 1.